The van der Waals surface area contributed by atoms with Gasteiger partial charge in [-0.25, -0.2) is 9.59 Å². The Labute approximate surface area is 230 Å². The van der Waals surface area contributed by atoms with Gasteiger partial charge in [-0.1, -0.05) is 60.7 Å². The SMILES string of the molecule is Cc1cccc(OC(=O)c2c(-c3cnc4ccccc4c3C(=O)Oc3cccc(C)c3)cnc3ccccc23)c1. The number of pyridine rings is 2. The van der Waals surface area contributed by atoms with Crippen molar-refractivity contribution in [2.45, 2.75) is 13.8 Å². The average Bonchev–Trinajstić information content (AvgIpc) is 2.96. The van der Waals surface area contributed by atoms with E-state index < -0.39 is 11.9 Å². The first-order chi connectivity index (χ1) is 19.5. The summed E-state index contributed by atoms with van der Waals surface area (Å²) in [6, 6.07) is 29.2. The fourth-order valence-corrected chi connectivity index (χ4v) is 4.80. The van der Waals surface area contributed by atoms with E-state index >= 15 is 0 Å². The molecule has 6 rings (SSSR count). The highest BCUT2D eigenvalue weighted by molar-refractivity contribution is 6.15. The molecule has 2 heterocycles. The maximum absolute atomic E-state index is 13.8. The first kappa shape index (κ1) is 24.9. The molecule has 2 aromatic heterocycles. The lowest BCUT2D eigenvalue weighted by Gasteiger charge is -2.16. The van der Waals surface area contributed by atoms with Gasteiger partial charge in [0.15, 0.2) is 0 Å². The number of carbonyl (C=O) groups is 2. The Kier molecular flexibility index (Phi) is 6.50. The van der Waals surface area contributed by atoms with Crippen molar-refractivity contribution >= 4 is 33.7 Å². The number of nitrogens with zero attached hydrogens (tertiary/aromatic N) is 2. The molecule has 0 amide bonds. The van der Waals surface area contributed by atoms with Crippen LogP contribution in [0.2, 0.25) is 0 Å². The third kappa shape index (κ3) is 4.78. The quantitative estimate of drug-likeness (QED) is 0.172. The molecule has 0 fully saturated rings. The Bertz CT molecular complexity index is 1790. The van der Waals surface area contributed by atoms with Crippen LogP contribution in [-0.2, 0) is 0 Å². The highest BCUT2D eigenvalue weighted by atomic mass is 16.5. The van der Waals surface area contributed by atoms with Gasteiger partial charge in [0.05, 0.1) is 22.2 Å². The van der Waals surface area contributed by atoms with E-state index in [9.17, 15) is 9.59 Å². The van der Waals surface area contributed by atoms with Crippen LogP contribution in [0.1, 0.15) is 31.8 Å². The zero-order valence-corrected chi connectivity index (χ0v) is 21.9. The maximum Gasteiger partial charge on any atom is 0.344 e. The van der Waals surface area contributed by atoms with Crippen molar-refractivity contribution in [2.75, 3.05) is 0 Å². The highest BCUT2D eigenvalue weighted by Gasteiger charge is 2.26. The molecule has 4 aromatic carbocycles. The molecule has 40 heavy (non-hydrogen) atoms. The summed E-state index contributed by atoms with van der Waals surface area (Å²) in [5.41, 5.74) is 4.59. The van der Waals surface area contributed by atoms with E-state index in [2.05, 4.69) is 9.97 Å². The monoisotopic (exact) mass is 524 g/mol. The number of hydrogen-bond acceptors (Lipinski definition) is 6. The largest absolute Gasteiger partial charge is 0.423 e. The maximum atomic E-state index is 13.8. The zero-order chi connectivity index (χ0) is 27.6. The second-order valence-corrected chi connectivity index (χ2v) is 9.54. The van der Waals surface area contributed by atoms with Gasteiger partial charge in [-0.2, -0.15) is 0 Å². The summed E-state index contributed by atoms with van der Waals surface area (Å²) in [4.78, 5) is 36.9. The number of aromatic nitrogens is 2. The van der Waals surface area contributed by atoms with Crippen molar-refractivity contribution in [3.63, 3.8) is 0 Å². The summed E-state index contributed by atoms with van der Waals surface area (Å²) in [6.07, 6.45) is 3.18. The van der Waals surface area contributed by atoms with Crippen LogP contribution in [0.15, 0.2) is 109 Å². The molecule has 0 bridgehead atoms. The van der Waals surface area contributed by atoms with Crippen LogP contribution in [0.5, 0.6) is 11.5 Å². The van der Waals surface area contributed by atoms with Crippen LogP contribution in [-0.4, -0.2) is 21.9 Å². The number of ether oxygens (including phenoxy) is 2. The molecule has 6 aromatic rings. The summed E-state index contributed by atoms with van der Waals surface area (Å²) in [6.45, 7) is 3.86. The van der Waals surface area contributed by atoms with Crippen LogP contribution in [0.4, 0.5) is 0 Å². The van der Waals surface area contributed by atoms with Gasteiger partial charge in [0, 0.05) is 34.3 Å². The van der Waals surface area contributed by atoms with Gasteiger partial charge < -0.3 is 9.47 Å². The lowest BCUT2D eigenvalue weighted by molar-refractivity contribution is 0.0725. The molecule has 0 atom stereocenters. The Morgan fingerprint density at radius 1 is 0.550 bits per heavy atom. The van der Waals surface area contributed by atoms with E-state index in [1.807, 2.05) is 86.6 Å². The number of carbonyl (C=O) groups excluding carboxylic acids is 2. The van der Waals surface area contributed by atoms with Gasteiger partial charge in [-0.15, -0.1) is 0 Å². The molecular formula is C34H24N2O4. The molecule has 6 heteroatoms. The molecule has 0 N–H and O–H groups in total. The van der Waals surface area contributed by atoms with Gasteiger partial charge in [-0.05, 0) is 61.4 Å². The van der Waals surface area contributed by atoms with E-state index in [1.165, 1.54) is 0 Å². The predicted molar refractivity (Wildman–Crippen MR) is 155 cm³/mol. The molecule has 0 aliphatic rings. The summed E-state index contributed by atoms with van der Waals surface area (Å²) in [5.74, 6) is -0.282. The summed E-state index contributed by atoms with van der Waals surface area (Å²) in [5, 5.41) is 1.20. The van der Waals surface area contributed by atoms with Gasteiger partial charge in [0.1, 0.15) is 11.5 Å². The number of benzene rings is 4. The number of aryl methyl sites for hydroxylation is 2. The Morgan fingerprint density at radius 2 is 0.975 bits per heavy atom. The first-order valence-electron chi connectivity index (χ1n) is 12.8. The van der Waals surface area contributed by atoms with Crippen molar-refractivity contribution in [1.82, 2.24) is 9.97 Å². The minimum Gasteiger partial charge on any atom is -0.423 e. The summed E-state index contributed by atoms with van der Waals surface area (Å²) < 4.78 is 11.7. The lowest BCUT2D eigenvalue weighted by Crippen LogP contribution is -2.15. The van der Waals surface area contributed by atoms with E-state index in [0.717, 1.165) is 11.1 Å². The standard InChI is InChI=1S/C34H24N2O4/c1-21-9-7-11-23(17-21)39-33(37)31-25-13-3-5-15-29(25)35-19-27(31)28-20-36-30-16-6-4-14-26(30)32(28)34(38)40-24-12-8-10-22(2)18-24/h3-20H,1-2H3. The number of esters is 2. The zero-order valence-electron chi connectivity index (χ0n) is 21.9. The van der Waals surface area contributed by atoms with Gasteiger partial charge >= 0.3 is 11.9 Å². The average molecular weight is 525 g/mol. The van der Waals surface area contributed by atoms with E-state index in [1.54, 1.807) is 36.7 Å². The van der Waals surface area contributed by atoms with Crippen molar-refractivity contribution in [2.24, 2.45) is 0 Å². The molecule has 0 radical (unpaired) electrons. The highest BCUT2D eigenvalue weighted by Crippen LogP contribution is 2.35. The molecule has 0 unspecified atom stereocenters. The van der Waals surface area contributed by atoms with Crippen LogP contribution >= 0.6 is 0 Å². The van der Waals surface area contributed by atoms with E-state index in [4.69, 9.17) is 9.47 Å². The van der Waals surface area contributed by atoms with Crippen molar-refractivity contribution < 1.29 is 19.1 Å². The van der Waals surface area contributed by atoms with Crippen LogP contribution in [0.3, 0.4) is 0 Å². The molecule has 0 aliphatic heterocycles. The molecule has 6 nitrogen and oxygen atoms in total. The minimum absolute atomic E-state index is 0.286. The first-order valence-corrected chi connectivity index (χ1v) is 12.8. The molecule has 0 spiro atoms. The topological polar surface area (TPSA) is 78.4 Å². The van der Waals surface area contributed by atoms with E-state index in [-0.39, 0.29) is 11.1 Å². The Hall–Kier alpha value is -5.36. The Balaban J connectivity index is 1.56. The third-order valence-electron chi connectivity index (χ3n) is 6.65. The fourth-order valence-electron chi connectivity index (χ4n) is 4.80. The third-order valence-corrected chi connectivity index (χ3v) is 6.65. The summed E-state index contributed by atoms with van der Waals surface area (Å²) in [7, 11) is 0. The van der Waals surface area contributed by atoms with Crippen molar-refractivity contribution in [1.29, 1.82) is 0 Å². The molecule has 194 valence electrons. The second kappa shape index (κ2) is 10.4. The van der Waals surface area contributed by atoms with Crippen LogP contribution in [0, 0.1) is 13.8 Å². The van der Waals surface area contributed by atoms with E-state index in [0.29, 0.717) is 44.4 Å². The molecule has 0 saturated carbocycles. The molecule has 0 saturated heterocycles. The minimum atomic E-state index is -0.564. The van der Waals surface area contributed by atoms with Crippen molar-refractivity contribution in [3.8, 4) is 22.6 Å². The number of rotatable bonds is 5. The van der Waals surface area contributed by atoms with Crippen LogP contribution in [0.25, 0.3) is 32.9 Å². The lowest BCUT2D eigenvalue weighted by atomic mass is 9.93. The van der Waals surface area contributed by atoms with Gasteiger partial charge in [0.2, 0.25) is 0 Å². The Morgan fingerprint density at radius 3 is 1.40 bits per heavy atom. The predicted octanol–water partition coefficient (Wildman–Crippen LogP) is 7.51. The smallest absolute Gasteiger partial charge is 0.344 e. The molecular weight excluding hydrogens is 500 g/mol. The number of hydrogen-bond donors (Lipinski definition) is 0. The van der Waals surface area contributed by atoms with Crippen LogP contribution < -0.4 is 9.47 Å². The van der Waals surface area contributed by atoms with Crippen molar-refractivity contribution in [3.05, 3.63) is 132 Å². The normalized spacial score (nSPS) is 10.9. The number of para-hydroxylation sites is 2. The fraction of sp³-hybridized carbons (Fsp3) is 0.0588. The summed E-state index contributed by atoms with van der Waals surface area (Å²) >= 11 is 0. The second-order valence-electron chi connectivity index (χ2n) is 9.54. The number of fused-ring (bicyclic) bond motifs is 2. The molecule has 0 aliphatic carbocycles. The van der Waals surface area contributed by atoms with Gasteiger partial charge in [-0.3, -0.25) is 9.97 Å². The van der Waals surface area contributed by atoms with Gasteiger partial charge in [0.25, 0.3) is 0 Å².